The van der Waals surface area contributed by atoms with E-state index >= 15 is 0 Å². The van der Waals surface area contributed by atoms with Crippen molar-refractivity contribution >= 4 is 22.7 Å². The molecule has 23 heavy (non-hydrogen) atoms. The molecule has 0 aliphatic carbocycles. The van der Waals surface area contributed by atoms with Crippen molar-refractivity contribution in [2.45, 2.75) is 26.7 Å². The van der Waals surface area contributed by atoms with Crippen molar-refractivity contribution in [3.8, 4) is 5.75 Å². The van der Waals surface area contributed by atoms with Gasteiger partial charge in [0, 0.05) is 5.39 Å². The van der Waals surface area contributed by atoms with E-state index in [4.69, 9.17) is 4.74 Å². The fourth-order valence-electron chi connectivity index (χ4n) is 2.51. The molecule has 0 radical (unpaired) electrons. The van der Waals surface area contributed by atoms with Crippen molar-refractivity contribution in [3.05, 3.63) is 41.5 Å². The lowest BCUT2D eigenvalue weighted by molar-refractivity contribution is 0.0648. The number of rotatable bonds is 7. The molecular formula is C18H20O5. The quantitative estimate of drug-likeness (QED) is 0.753. The van der Waals surface area contributed by atoms with Gasteiger partial charge in [0.15, 0.2) is 0 Å². The van der Waals surface area contributed by atoms with E-state index in [1.54, 1.807) is 24.3 Å². The molecule has 0 aromatic heterocycles. The third-order valence-corrected chi connectivity index (χ3v) is 3.62. The molecule has 0 bridgehead atoms. The lowest BCUT2D eigenvalue weighted by Crippen LogP contribution is -2.12. The van der Waals surface area contributed by atoms with Gasteiger partial charge in [0.25, 0.3) is 0 Å². The Morgan fingerprint density at radius 2 is 1.83 bits per heavy atom. The van der Waals surface area contributed by atoms with Crippen molar-refractivity contribution < 1.29 is 24.5 Å². The van der Waals surface area contributed by atoms with Crippen molar-refractivity contribution in [2.75, 3.05) is 6.61 Å². The second kappa shape index (κ2) is 7.13. The predicted molar refractivity (Wildman–Crippen MR) is 87.4 cm³/mol. The Morgan fingerprint density at radius 1 is 1.13 bits per heavy atom. The van der Waals surface area contributed by atoms with Gasteiger partial charge in [-0.15, -0.1) is 0 Å². The highest BCUT2D eigenvalue weighted by atomic mass is 16.5. The third kappa shape index (κ3) is 3.80. The first kappa shape index (κ1) is 16.8. The summed E-state index contributed by atoms with van der Waals surface area (Å²) in [5, 5.41) is 20.0. The predicted octanol–water partition coefficient (Wildman–Crippen LogP) is 4.05. The molecule has 0 atom stereocenters. The molecule has 0 heterocycles. The molecule has 0 aliphatic heterocycles. The van der Waals surface area contributed by atoms with Crippen molar-refractivity contribution in [3.63, 3.8) is 0 Å². The van der Waals surface area contributed by atoms with Crippen LogP contribution in [0.15, 0.2) is 30.3 Å². The van der Waals surface area contributed by atoms with E-state index in [1.807, 2.05) is 0 Å². The Kier molecular flexibility index (Phi) is 5.21. The van der Waals surface area contributed by atoms with Crippen molar-refractivity contribution in [1.82, 2.24) is 0 Å². The van der Waals surface area contributed by atoms with E-state index in [1.165, 1.54) is 6.07 Å². The monoisotopic (exact) mass is 316 g/mol. The molecule has 0 amide bonds. The van der Waals surface area contributed by atoms with Crippen LogP contribution in [0.1, 0.15) is 47.4 Å². The summed E-state index contributed by atoms with van der Waals surface area (Å²) in [6.07, 6.45) is 1.74. The number of fused-ring (bicyclic) bond motifs is 1. The fraction of sp³-hybridized carbons (Fsp3) is 0.333. The summed E-state index contributed by atoms with van der Waals surface area (Å²) in [4.78, 5) is 23.0. The van der Waals surface area contributed by atoms with Gasteiger partial charge in [-0.3, -0.25) is 0 Å². The zero-order valence-electron chi connectivity index (χ0n) is 13.2. The van der Waals surface area contributed by atoms with Gasteiger partial charge in [-0.05, 0) is 30.2 Å². The number of hydrogen-bond acceptors (Lipinski definition) is 3. The van der Waals surface area contributed by atoms with Crippen LogP contribution in [-0.4, -0.2) is 28.8 Å². The van der Waals surface area contributed by atoms with E-state index < -0.39 is 11.9 Å². The van der Waals surface area contributed by atoms with Crippen LogP contribution in [0.2, 0.25) is 0 Å². The zero-order valence-corrected chi connectivity index (χ0v) is 13.2. The molecule has 5 heteroatoms. The number of aromatic carboxylic acids is 2. The fourth-order valence-corrected chi connectivity index (χ4v) is 2.51. The number of carboxylic acid groups (broad SMARTS) is 2. The first-order valence-electron chi connectivity index (χ1n) is 7.57. The van der Waals surface area contributed by atoms with Crippen molar-refractivity contribution in [2.24, 2.45) is 5.92 Å². The Morgan fingerprint density at radius 3 is 2.43 bits per heavy atom. The minimum absolute atomic E-state index is 0.136. The van der Waals surface area contributed by atoms with Crippen LogP contribution in [0, 0.1) is 5.92 Å². The SMILES string of the molecule is CC(C)CCCOc1c(C(=O)O)c(C(=O)O)cc2ccccc12. The summed E-state index contributed by atoms with van der Waals surface area (Å²) < 4.78 is 5.71. The van der Waals surface area contributed by atoms with E-state index in [9.17, 15) is 19.8 Å². The van der Waals surface area contributed by atoms with Crippen LogP contribution in [0.4, 0.5) is 0 Å². The zero-order chi connectivity index (χ0) is 17.0. The second-order valence-corrected chi connectivity index (χ2v) is 5.84. The molecule has 0 unspecified atom stereocenters. The van der Waals surface area contributed by atoms with Crippen LogP contribution in [0.5, 0.6) is 5.75 Å². The average molecular weight is 316 g/mol. The molecule has 0 saturated heterocycles. The largest absolute Gasteiger partial charge is 0.492 e. The number of ether oxygens (including phenoxy) is 1. The van der Waals surface area contributed by atoms with Crippen LogP contribution in [-0.2, 0) is 0 Å². The highest BCUT2D eigenvalue weighted by Crippen LogP contribution is 2.33. The normalized spacial score (nSPS) is 10.9. The molecule has 2 N–H and O–H groups in total. The number of carbonyl (C=O) groups is 2. The van der Waals surface area contributed by atoms with Gasteiger partial charge in [-0.1, -0.05) is 38.1 Å². The lowest BCUT2D eigenvalue weighted by atomic mass is 9.99. The lowest BCUT2D eigenvalue weighted by Gasteiger charge is -2.15. The maximum absolute atomic E-state index is 11.6. The maximum Gasteiger partial charge on any atom is 0.340 e. The summed E-state index contributed by atoms with van der Waals surface area (Å²) in [5.41, 5.74) is -0.546. The van der Waals surface area contributed by atoms with Gasteiger partial charge in [0.1, 0.15) is 11.3 Å². The van der Waals surface area contributed by atoms with Crippen LogP contribution in [0.3, 0.4) is 0 Å². The number of carboxylic acids is 2. The van der Waals surface area contributed by atoms with Crippen LogP contribution in [0.25, 0.3) is 10.8 Å². The van der Waals surface area contributed by atoms with Gasteiger partial charge in [-0.25, -0.2) is 9.59 Å². The molecule has 0 aliphatic rings. The van der Waals surface area contributed by atoms with Crippen LogP contribution >= 0.6 is 0 Å². The van der Waals surface area contributed by atoms with E-state index in [-0.39, 0.29) is 16.9 Å². The Balaban J connectivity index is 2.51. The minimum Gasteiger partial charge on any atom is -0.492 e. The molecule has 0 spiro atoms. The third-order valence-electron chi connectivity index (χ3n) is 3.62. The van der Waals surface area contributed by atoms with Gasteiger partial charge in [0.05, 0.1) is 12.2 Å². The molecular weight excluding hydrogens is 296 g/mol. The second-order valence-electron chi connectivity index (χ2n) is 5.84. The molecule has 2 rings (SSSR count). The standard InChI is InChI=1S/C18H20O5/c1-11(2)6-5-9-23-16-13-8-4-3-7-12(13)10-14(17(19)20)15(16)18(21)22/h3-4,7-8,10-11H,5-6,9H2,1-2H3,(H,19,20)(H,21,22). The van der Waals surface area contributed by atoms with Gasteiger partial charge < -0.3 is 14.9 Å². The Hall–Kier alpha value is -2.56. The van der Waals surface area contributed by atoms with Gasteiger partial charge >= 0.3 is 11.9 Å². The first-order chi connectivity index (χ1) is 10.9. The topological polar surface area (TPSA) is 83.8 Å². The summed E-state index contributed by atoms with van der Waals surface area (Å²) >= 11 is 0. The first-order valence-corrected chi connectivity index (χ1v) is 7.57. The highest BCUT2D eigenvalue weighted by molar-refractivity contribution is 6.10. The molecule has 2 aromatic carbocycles. The highest BCUT2D eigenvalue weighted by Gasteiger charge is 2.24. The average Bonchev–Trinajstić information content (AvgIpc) is 2.49. The maximum atomic E-state index is 11.6. The van der Waals surface area contributed by atoms with Gasteiger partial charge in [-0.2, -0.15) is 0 Å². The molecule has 2 aromatic rings. The smallest absolute Gasteiger partial charge is 0.340 e. The summed E-state index contributed by atoms with van der Waals surface area (Å²) in [7, 11) is 0. The number of benzene rings is 2. The molecule has 0 saturated carbocycles. The summed E-state index contributed by atoms with van der Waals surface area (Å²) in [5.74, 6) is -1.91. The van der Waals surface area contributed by atoms with E-state index in [0.29, 0.717) is 23.3 Å². The molecule has 0 fully saturated rings. The van der Waals surface area contributed by atoms with Gasteiger partial charge in [0.2, 0.25) is 0 Å². The minimum atomic E-state index is -1.30. The number of hydrogen-bond donors (Lipinski definition) is 2. The van der Waals surface area contributed by atoms with Crippen molar-refractivity contribution in [1.29, 1.82) is 0 Å². The molecule has 122 valence electrons. The Bertz CT molecular complexity index is 734. The van der Waals surface area contributed by atoms with Crippen LogP contribution < -0.4 is 4.74 Å². The molecule has 5 nitrogen and oxygen atoms in total. The summed E-state index contributed by atoms with van der Waals surface area (Å²) in [6.45, 7) is 4.55. The van der Waals surface area contributed by atoms with E-state index in [0.717, 1.165) is 12.8 Å². The summed E-state index contributed by atoms with van der Waals surface area (Å²) in [6, 6.07) is 8.41. The Labute approximate surface area is 134 Å². The van der Waals surface area contributed by atoms with E-state index in [2.05, 4.69) is 13.8 Å².